The van der Waals surface area contributed by atoms with E-state index in [1.165, 1.54) is 40.6 Å². The number of carbonyl (C=O) groups is 1. The molecule has 3 rings (SSSR count). The fourth-order valence-electron chi connectivity index (χ4n) is 3.11. The fourth-order valence-corrected chi connectivity index (χ4v) is 3.11. The molecule has 0 unspecified atom stereocenters. The van der Waals surface area contributed by atoms with E-state index in [0.29, 0.717) is 28.6 Å². The van der Waals surface area contributed by atoms with E-state index in [4.69, 9.17) is 18.9 Å². The number of ether oxygens (including phenoxy) is 4. The van der Waals surface area contributed by atoms with Crippen LogP contribution in [-0.4, -0.2) is 51.6 Å². The first-order valence-electron chi connectivity index (χ1n) is 9.55. The first-order valence-corrected chi connectivity index (χ1v) is 9.55. The first kappa shape index (κ1) is 20.5. The summed E-state index contributed by atoms with van der Waals surface area (Å²) in [5.74, 6) is 1.28. The number of benzene rings is 2. The van der Waals surface area contributed by atoms with Crippen molar-refractivity contribution in [3.63, 3.8) is 0 Å². The minimum atomic E-state index is -0.515. The van der Waals surface area contributed by atoms with Crippen molar-refractivity contribution >= 4 is 12.2 Å². The van der Waals surface area contributed by atoms with Gasteiger partial charge < -0.3 is 18.9 Å². The third kappa shape index (κ3) is 5.19. The average molecular weight is 398 g/mol. The van der Waals surface area contributed by atoms with Gasteiger partial charge in [0.15, 0.2) is 23.0 Å². The number of carbonyl (C=O) groups excluding carboxylic acids is 1. The van der Waals surface area contributed by atoms with Gasteiger partial charge in [0.1, 0.15) is 0 Å². The summed E-state index contributed by atoms with van der Waals surface area (Å²) in [5.41, 5.74) is 1.22. The maximum Gasteiger partial charge on any atom is 0.343 e. The summed E-state index contributed by atoms with van der Waals surface area (Å²) in [7, 11) is 4.59. The first-order chi connectivity index (χ1) is 14.1. The Balaban J connectivity index is 1.73. The van der Waals surface area contributed by atoms with Gasteiger partial charge in [0, 0.05) is 13.1 Å². The zero-order chi connectivity index (χ0) is 20.6. The van der Waals surface area contributed by atoms with Crippen LogP contribution in [0.1, 0.15) is 35.2 Å². The quantitative estimate of drug-likeness (QED) is 0.402. The Labute approximate surface area is 170 Å². The predicted octanol–water partition coefficient (Wildman–Crippen LogP) is 3.75. The van der Waals surface area contributed by atoms with Crippen molar-refractivity contribution < 1.29 is 23.7 Å². The molecule has 0 N–H and O–H groups in total. The highest BCUT2D eigenvalue weighted by molar-refractivity contribution is 5.92. The Morgan fingerprint density at radius 1 is 0.862 bits per heavy atom. The Hall–Kier alpha value is -3.22. The Morgan fingerprint density at radius 2 is 1.52 bits per heavy atom. The zero-order valence-corrected chi connectivity index (χ0v) is 17.0. The number of hydrogen-bond acceptors (Lipinski definition) is 7. The van der Waals surface area contributed by atoms with E-state index >= 15 is 0 Å². The molecular weight excluding hydrogens is 372 g/mol. The molecular formula is C22H26N2O5. The third-order valence-corrected chi connectivity index (χ3v) is 4.71. The van der Waals surface area contributed by atoms with Gasteiger partial charge >= 0.3 is 5.97 Å². The molecule has 2 aromatic carbocycles. The van der Waals surface area contributed by atoms with Gasteiger partial charge in [-0.1, -0.05) is 0 Å². The molecule has 154 valence electrons. The van der Waals surface area contributed by atoms with Gasteiger partial charge in [-0.05, 0) is 61.2 Å². The molecule has 1 saturated heterocycles. The van der Waals surface area contributed by atoms with Crippen molar-refractivity contribution in [3.8, 4) is 23.0 Å². The van der Waals surface area contributed by atoms with Crippen LogP contribution < -0.4 is 18.9 Å². The van der Waals surface area contributed by atoms with Crippen LogP contribution >= 0.6 is 0 Å². The number of rotatable bonds is 7. The van der Waals surface area contributed by atoms with E-state index in [2.05, 4.69) is 10.1 Å². The van der Waals surface area contributed by atoms with E-state index < -0.39 is 5.97 Å². The smallest absolute Gasteiger partial charge is 0.343 e. The molecule has 0 spiro atoms. The molecule has 1 fully saturated rings. The number of hydrogen-bond donors (Lipinski definition) is 0. The van der Waals surface area contributed by atoms with Gasteiger partial charge in [0.25, 0.3) is 0 Å². The largest absolute Gasteiger partial charge is 0.493 e. The van der Waals surface area contributed by atoms with Gasteiger partial charge in [0.2, 0.25) is 0 Å². The Bertz CT molecular complexity index is 876. The van der Waals surface area contributed by atoms with Gasteiger partial charge in [-0.15, -0.1) is 0 Å². The lowest BCUT2D eigenvalue weighted by molar-refractivity contribution is 0.0729. The molecule has 7 heteroatoms. The maximum atomic E-state index is 12.6. The summed E-state index contributed by atoms with van der Waals surface area (Å²) in [6.45, 7) is 1.96. The van der Waals surface area contributed by atoms with Crippen molar-refractivity contribution in [3.05, 3.63) is 47.5 Å². The van der Waals surface area contributed by atoms with E-state index in [1.54, 1.807) is 36.5 Å². The van der Waals surface area contributed by atoms with Crippen LogP contribution in [0.3, 0.4) is 0 Å². The highest BCUT2D eigenvalue weighted by Gasteiger charge is 2.15. The second-order valence-corrected chi connectivity index (χ2v) is 6.63. The lowest BCUT2D eigenvalue weighted by Crippen LogP contribution is -2.24. The van der Waals surface area contributed by atoms with Crippen LogP contribution in [0.2, 0.25) is 0 Å². The highest BCUT2D eigenvalue weighted by Crippen LogP contribution is 2.31. The minimum Gasteiger partial charge on any atom is -0.493 e. The second-order valence-electron chi connectivity index (χ2n) is 6.63. The normalized spacial score (nSPS) is 14.0. The van der Waals surface area contributed by atoms with Crippen molar-refractivity contribution in [2.24, 2.45) is 5.10 Å². The van der Waals surface area contributed by atoms with Crippen LogP contribution in [0.4, 0.5) is 0 Å². The molecule has 0 radical (unpaired) electrons. The standard InChI is InChI=1S/C22H26N2O5/c1-26-18-10-8-17(14-21(18)28-3)22(25)29-19-9-7-16(13-20(19)27-2)15-23-24-11-5-4-6-12-24/h7-10,13-15H,4-6,11-12H2,1-3H3/b23-15-. The zero-order valence-electron chi connectivity index (χ0n) is 17.0. The van der Waals surface area contributed by atoms with Gasteiger partial charge in [-0.2, -0.15) is 5.10 Å². The Morgan fingerprint density at radius 3 is 2.21 bits per heavy atom. The predicted molar refractivity (Wildman–Crippen MR) is 111 cm³/mol. The second kappa shape index (κ2) is 9.82. The molecule has 0 amide bonds. The van der Waals surface area contributed by atoms with Crippen molar-refractivity contribution in [1.82, 2.24) is 5.01 Å². The van der Waals surface area contributed by atoms with Crippen LogP contribution in [0.5, 0.6) is 23.0 Å². The van der Waals surface area contributed by atoms with Crippen LogP contribution in [-0.2, 0) is 0 Å². The van der Waals surface area contributed by atoms with Gasteiger partial charge in [-0.25, -0.2) is 4.79 Å². The topological polar surface area (TPSA) is 69.6 Å². The summed E-state index contributed by atoms with van der Waals surface area (Å²) in [5, 5.41) is 6.59. The molecule has 2 aromatic rings. The van der Waals surface area contributed by atoms with Crippen LogP contribution in [0.15, 0.2) is 41.5 Å². The molecule has 0 atom stereocenters. The molecule has 29 heavy (non-hydrogen) atoms. The van der Waals surface area contributed by atoms with Crippen molar-refractivity contribution in [2.45, 2.75) is 19.3 Å². The summed E-state index contributed by atoms with van der Waals surface area (Å²) in [6.07, 6.45) is 5.41. The van der Waals surface area contributed by atoms with E-state index in [-0.39, 0.29) is 0 Å². The SMILES string of the molecule is COc1ccc(C(=O)Oc2ccc(/C=N\N3CCCCC3)cc2OC)cc1OC. The lowest BCUT2D eigenvalue weighted by Gasteiger charge is -2.23. The maximum absolute atomic E-state index is 12.6. The summed E-state index contributed by atoms with van der Waals surface area (Å²) >= 11 is 0. The molecule has 0 aliphatic carbocycles. The molecule has 1 aliphatic heterocycles. The molecule has 1 aliphatic rings. The molecule has 0 bridgehead atoms. The number of esters is 1. The van der Waals surface area contributed by atoms with E-state index in [9.17, 15) is 4.79 Å². The summed E-state index contributed by atoms with van der Waals surface area (Å²) in [6, 6.07) is 10.2. The number of hydrazone groups is 1. The number of methoxy groups -OCH3 is 3. The van der Waals surface area contributed by atoms with Gasteiger partial charge in [-0.3, -0.25) is 5.01 Å². The number of nitrogens with zero attached hydrogens (tertiary/aromatic N) is 2. The van der Waals surface area contributed by atoms with Crippen molar-refractivity contribution in [1.29, 1.82) is 0 Å². The lowest BCUT2D eigenvalue weighted by atomic mass is 10.2. The molecule has 1 heterocycles. The molecule has 0 saturated carbocycles. The van der Waals surface area contributed by atoms with Crippen LogP contribution in [0, 0.1) is 0 Å². The third-order valence-electron chi connectivity index (χ3n) is 4.71. The fraction of sp³-hybridized carbons (Fsp3) is 0.364. The van der Waals surface area contributed by atoms with Crippen LogP contribution in [0.25, 0.3) is 0 Å². The Kier molecular flexibility index (Phi) is 6.94. The molecule has 7 nitrogen and oxygen atoms in total. The minimum absolute atomic E-state index is 0.336. The van der Waals surface area contributed by atoms with E-state index in [1.807, 2.05) is 6.07 Å². The summed E-state index contributed by atoms with van der Waals surface area (Å²) in [4.78, 5) is 12.6. The molecule has 0 aromatic heterocycles. The average Bonchev–Trinajstić information content (AvgIpc) is 2.78. The monoisotopic (exact) mass is 398 g/mol. The highest BCUT2D eigenvalue weighted by atomic mass is 16.6. The van der Waals surface area contributed by atoms with E-state index in [0.717, 1.165) is 18.7 Å². The number of piperidine rings is 1. The van der Waals surface area contributed by atoms with Crippen molar-refractivity contribution in [2.75, 3.05) is 34.4 Å². The summed E-state index contributed by atoms with van der Waals surface area (Å²) < 4.78 is 21.4. The van der Waals surface area contributed by atoms with Gasteiger partial charge in [0.05, 0.1) is 33.1 Å².